The molecule has 1 unspecified atom stereocenters. The molecule has 0 spiro atoms. The molecule has 0 bridgehead atoms. The molecular weight excluding hydrogens is 1100 g/mol. The highest BCUT2D eigenvalue weighted by atomic mass is 19.4. The van der Waals surface area contributed by atoms with Gasteiger partial charge in [-0.1, -0.05) is 24.3 Å². The van der Waals surface area contributed by atoms with E-state index in [2.05, 4.69) is 5.32 Å². The number of nitrogens with one attached hydrogen (secondary N) is 2. The number of ether oxygens (including phenoxy) is 4. The number of Topliss-reactive ketones (excluding diaryl/α,β-unsaturated/α-hetero) is 1. The molecule has 1 atom stereocenters. The maximum absolute atomic E-state index is 15.0. The van der Waals surface area contributed by atoms with E-state index in [4.69, 9.17) is 18.9 Å². The third kappa shape index (κ3) is 11.8. The van der Waals surface area contributed by atoms with E-state index in [1.807, 2.05) is 0 Å². The number of carboxylic acid groups (broad SMARTS) is 1. The number of alkyl halides is 15. The molecule has 0 saturated heterocycles. The van der Waals surface area contributed by atoms with Gasteiger partial charge in [-0.3, -0.25) is 14.4 Å². The van der Waals surface area contributed by atoms with E-state index >= 15 is 13.2 Å². The Labute approximate surface area is 433 Å². The molecule has 0 aliphatic carbocycles. The second-order valence-electron chi connectivity index (χ2n) is 17.0. The van der Waals surface area contributed by atoms with Crippen LogP contribution in [0.2, 0.25) is 0 Å². The molecule has 420 valence electrons. The zero-order chi connectivity index (χ0) is 59.1. The maximum atomic E-state index is 15.0. The molecule has 5 N–H and O–H groups in total. The Bertz CT molecular complexity index is 3260. The standard InChI is InChI=1S/C51H35F15N2O11/c1-25(70)39-22-35(13-15-41(39)76-24-69)78-33-10-6-27(7-11-33)44(2,47(52,53)54)26-4-8-32(9-5-26)77-34-12-14-38(43(72)73)40(23-34)42(71)68-31-17-29(46(75,50(61,62)63)51(64,65)66)19-37(21-31)79-36-18-28(16-30(20-36)67-3)45(74,48(55,56)57)49(58,59)60/h4-24,67,74-75H,1-3H3,(H,68,71)(H,72,73). The van der Waals surface area contributed by atoms with Crippen molar-refractivity contribution in [2.45, 2.75) is 61.3 Å². The molecule has 0 saturated carbocycles. The van der Waals surface area contributed by atoms with Crippen LogP contribution in [-0.2, 0) is 21.4 Å². The van der Waals surface area contributed by atoms with Gasteiger partial charge in [-0.25, -0.2) is 4.79 Å². The number of aliphatic hydroxyl groups is 2. The molecule has 28 heteroatoms. The van der Waals surface area contributed by atoms with Crippen molar-refractivity contribution in [3.05, 3.63) is 160 Å². The number of aromatic carboxylic acids is 1. The second-order valence-corrected chi connectivity index (χ2v) is 17.0. The number of carbonyl (C=O) groups is 4. The Morgan fingerprint density at radius 1 is 0.468 bits per heavy atom. The molecule has 6 aromatic carbocycles. The quantitative estimate of drug-likeness (QED) is 0.0331. The SMILES string of the molecule is CNc1cc(Oc2cc(NC(=O)c3cc(Oc4ccc(C(C)(c5ccc(Oc6ccc(OC=O)c(C(C)=O)c6)cc5)C(F)(F)F)cc4)ccc3C(=O)O)cc(C(O)(C(F)(F)F)C(F)(F)F)c2)cc(C(O)(C(F)(F)F)C(F)(F)F)c1. The molecule has 0 aromatic heterocycles. The van der Waals surface area contributed by atoms with E-state index in [0.717, 1.165) is 62.5 Å². The van der Waals surface area contributed by atoms with E-state index in [-0.39, 0.29) is 70.4 Å². The number of hydrogen-bond donors (Lipinski definition) is 5. The molecular formula is C51H35F15N2O11. The molecule has 0 heterocycles. The predicted molar refractivity (Wildman–Crippen MR) is 245 cm³/mol. The van der Waals surface area contributed by atoms with Gasteiger partial charge in [0.1, 0.15) is 45.7 Å². The van der Waals surface area contributed by atoms with E-state index in [0.29, 0.717) is 18.2 Å². The van der Waals surface area contributed by atoms with Gasteiger partial charge >= 0.3 is 36.9 Å². The van der Waals surface area contributed by atoms with Gasteiger partial charge in [0.2, 0.25) is 0 Å². The van der Waals surface area contributed by atoms with Gasteiger partial charge in [-0.15, -0.1) is 0 Å². The minimum absolute atomic E-state index is 0.0282. The zero-order valence-corrected chi connectivity index (χ0v) is 39.9. The largest absolute Gasteiger partial charge is 0.478 e. The first-order valence-electron chi connectivity index (χ1n) is 21.9. The van der Waals surface area contributed by atoms with Crippen LogP contribution in [0.15, 0.2) is 121 Å². The lowest BCUT2D eigenvalue weighted by Crippen LogP contribution is -2.54. The van der Waals surface area contributed by atoms with Crippen LogP contribution in [0.25, 0.3) is 0 Å². The number of carboxylic acids is 1. The molecule has 13 nitrogen and oxygen atoms in total. The van der Waals surface area contributed by atoms with Gasteiger partial charge in [0, 0.05) is 41.7 Å². The summed E-state index contributed by atoms with van der Waals surface area (Å²) in [6.45, 7) is 2.14. The fourth-order valence-corrected chi connectivity index (χ4v) is 7.70. The third-order valence-corrected chi connectivity index (χ3v) is 11.9. The number of hydrogen-bond acceptors (Lipinski definition) is 11. The zero-order valence-electron chi connectivity index (χ0n) is 39.9. The number of rotatable bonds is 17. The van der Waals surface area contributed by atoms with E-state index in [9.17, 15) is 87.2 Å². The minimum atomic E-state index is -6.66. The number of anilines is 2. The monoisotopic (exact) mass is 1140 g/mol. The van der Waals surface area contributed by atoms with Crippen LogP contribution in [0, 0.1) is 0 Å². The molecule has 1 amide bonds. The summed E-state index contributed by atoms with van der Waals surface area (Å²) in [4.78, 5) is 48.9. The topological polar surface area (TPSA) is 190 Å². The summed E-state index contributed by atoms with van der Waals surface area (Å²) >= 11 is 0. The van der Waals surface area contributed by atoms with Gasteiger partial charge in [0.25, 0.3) is 23.6 Å². The van der Waals surface area contributed by atoms with Gasteiger partial charge in [-0.05, 0) is 110 Å². The summed E-state index contributed by atoms with van der Waals surface area (Å²) in [6.07, 6.45) is -31.3. The van der Waals surface area contributed by atoms with Crippen molar-refractivity contribution in [3.8, 4) is 40.2 Å². The van der Waals surface area contributed by atoms with E-state index in [1.54, 1.807) is 5.32 Å². The summed E-state index contributed by atoms with van der Waals surface area (Å²) < 4.78 is 235. The second kappa shape index (κ2) is 21.4. The molecule has 0 radical (unpaired) electrons. The van der Waals surface area contributed by atoms with E-state index in [1.165, 1.54) is 37.3 Å². The first-order valence-corrected chi connectivity index (χ1v) is 21.9. The fourth-order valence-electron chi connectivity index (χ4n) is 7.70. The van der Waals surface area contributed by atoms with Gasteiger partial charge in [0.15, 0.2) is 5.78 Å². The van der Waals surface area contributed by atoms with Gasteiger partial charge in [-0.2, -0.15) is 65.9 Å². The number of amides is 1. The first-order chi connectivity index (χ1) is 36.4. The minimum Gasteiger partial charge on any atom is -0.478 e. The maximum Gasteiger partial charge on any atom is 0.430 e. The van der Waals surface area contributed by atoms with Crippen LogP contribution in [0.4, 0.5) is 77.2 Å². The van der Waals surface area contributed by atoms with Crippen LogP contribution < -0.4 is 29.6 Å². The number of benzene rings is 6. The summed E-state index contributed by atoms with van der Waals surface area (Å²) in [5, 5.41) is 34.1. The highest BCUT2D eigenvalue weighted by Gasteiger charge is 2.72. The molecule has 0 aliphatic rings. The smallest absolute Gasteiger partial charge is 0.430 e. The number of ketones is 1. The Balaban J connectivity index is 1.33. The Hall–Kier alpha value is -8.53. The van der Waals surface area contributed by atoms with Gasteiger partial charge < -0.3 is 44.9 Å². The normalized spacial score (nSPS) is 13.4. The van der Waals surface area contributed by atoms with Crippen molar-refractivity contribution in [2.75, 3.05) is 17.7 Å². The van der Waals surface area contributed by atoms with Crippen molar-refractivity contribution >= 4 is 35.5 Å². The van der Waals surface area contributed by atoms with Gasteiger partial charge in [0.05, 0.1) is 16.7 Å². The lowest BCUT2D eigenvalue weighted by molar-refractivity contribution is -0.376. The van der Waals surface area contributed by atoms with Crippen LogP contribution in [0.3, 0.4) is 0 Å². The fraction of sp³-hybridized carbons (Fsp3) is 0.216. The van der Waals surface area contributed by atoms with Crippen molar-refractivity contribution in [1.29, 1.82) is 0 Å². The highest BCUT2D eigenvalue weighted by molar-refractivity contribution is 6.11. The molecule has 6 rings (SSSR count). The third-order valence-electron chi connectivity index (χ3n) is 11.9. The van der Waals surface area contributed by atoms with E-state index < -0.39 is 116 Å². The lowest BCUT2D eigenvalue weighted by Gasteiger charge is -2.33. The summed E-state index contributed by atoms with van der Waals surface area (Å²) in [7, 11) is 0.937. The first kappa shape index (κ1) is 59.7. The highest BCUT2D eigenvalue weighted by Crippen LogP contribution is 2.54. The Morgan fingerprint density at radius 3 is 1.25 bits per heavy atom. The average Bonchev–Trinajstić information content (AvgIpc) is 3.54. The van der Waals surface area contributed by atoms with Crippen LogP contribution in [-0.4, -0.2) is 77.4 Å². The van der Waals surface area contributed by atoms with Crippen molar-refractivity contribution < 1.29 is 119 Å². The molecule has 0 fully saturated rings. The van der Waals surface area contributed by atoms with Crippen molar-refractivity contribution in [3.63, 3.8) is 0 Å². The van der Waals surface area contributed by atoms with Crippen LogP contribution >= 0.6 is 0 Å². The van der Waals surface area contributed by atoms with Crippen LogP contribution in [0.1, 0.15) is 67.2 Å². The Morgan fingerprint density at radius 2 is 0.861 bits per heavy atom. The summed E-state index contributed by atoms with van der Waals surface area (Å²) in [6, 6.07) is 15.5. The number of carbonyl (C=O) groups excluding carboxylic acids is 3. The van der Waals surface area contributed by atoms with Crippen LogP contribution in [0.5, 0.6) is 40.2 Å². The predicted octanol–water partition coefficient (Wildman–Crippen LogP) is 13.3. The van der Waals surface area contributed by atoms with Crippen molar-refractivity contribution in [2.24, 2.45) is 0 Å². The Kier molecular flexibility index (Phi) is 16.1. The summed E-state index contributed by atoms with van der Waals surface area (Å²) in [5.41, 5.74) is -23.0. The average molecular weight is 1140 g/mol. The molecule has 0 aliphatic heterocycles. The lowest BCUT2D eigenvalue weighted by atomic mass is 9.75. The van der Waals surface area contributed by atoms with Crippen molar-refractivity contribution in [1.82, 2.24) is 0 Å². The molecule has 79 heavy (non-hydrogen) atoms. The summed E-state index contributed by atoms with van der Waals surface area (Å²) in [5.74, 6) is -7.33. The number of halogens is 15. The molecule has 6 aromatic rings.